The minimum absolute atomic E-state index is 0.0788. The molecule has 2 aliphatic heterocycles. The van der Waals surface area contributed by atoms with E-state index in [0.29, 0.717) is 24.4 Å². The fourth-order valence-corrected chi connectivity index (χ4v) is 5.00. The molecule has 3 atom stereocenters. The van der Waals surface area contributed by atoms with Crippen LogP contribution < -0.4 is 0 Å². The molecule has 6 heteroatoms. The fourth-order valence-electron chi connectivity index (χ4n) is 5.00. The first-order chi connectivity index (χ1) is 16.0. The van der Waals surface area contributed by atoms with E-state index in [-0.39, 0.29) is 11.9 Å². The summed E-state index contributed by atoms with van der Waals surface area (Å²) in [4.78, 5) is 29.0. The van der Waals surface area contributed by atoms with E-state index in [2.05, 4.69) is 18.1 Å². The molecule has 0 spiro atoms. The molecular formula is C27H29N3O3. The molecule has 1 amide bonds. The Hall–Kier alpha value is -3.48. The number of fused-ring (bicyclic) bond motifs is 1. The number of carbonyl (C=O) groups excluding carboxylic acids is 2. The van der Waals surface area contributed by atoms with Gasteiger partial charge in [-0.2, -0.15) is 5.01 Å². The molecule has 33 heavy (non-hydrogen) atoms. The van der Waals surface area contributed by atoms with E-state index < -0.39 is 18.1 Å². The standard InChI is InChI=1S/C27H29N3O3/c1-5-17-28(18-6-2)25-24(21-15-11-8-12-16-21)30-23(20-13-9-7-10-14-20)22(27(32)33-4)19(3)29(30)26(25)31/h5-16,23-25H,1-2,17-18H2,3-4H3/t23-,24+,25+/m0/s1. The van der Waals surface area contributed by atoms with Crippen molar-refractivity contribution in [2.45, 2.75) is 25.0 Å². The largest absolute Gasteiger partial charge is 0.466 e. The fraction of sp³-hybridized carbons (Fsp3) is 0.259. The summed E-state index contributed by atoms with van der Waals surface area (Å²) < 4.78 is 5.15. The van der Waals surface area contributed by atoms with E-state index in [4.69, 9.17) is 4.74 Å². The van der Waals surface area contributed by atoms with Gasteiger partial charge in [-0.25, -0.2) is 9.80 Å². The SMILES string of the molecule is C=CCN(CC=C)[C@H]1C(=O)N2C(C)=C(C(=O)OC)[C@H](c3ccccc3)N2[C@@H]1c1ccccc1. The van der Waals surface area contributed by atoms with Gasteiger partial charge in [-0.3, -0.25) is 9.69 Å². The maximum absolute atomic E-state index is 14.0. The Balaban J connectivity index is 1.93. The Morgan fingerprint density at radius 2 is 1.55 bits per heavy atom. The lowest BCUT2D eigenvalue weighted by Gasteiger charge is -2.35. The molecular weight excluding hydrogens is 414 g/mol. The molecule has 2 aromatic rings. The van der Waals surface area contributed by atoms with Crippen molar-refractivity contribution in [1.29, 1.82) is 0 Å². The molecule has 0 saturated carbocycles. The number of hydrogen-bond donors (Lipinski definition) is 0. The minimum atomic E-state index is -0.469. The third kappa shape index (κ3) is 3.81. The topological polar surface area (TPSA) is 53.1 Å². The monoisotopic (exact) mass is 443 g/mol. The summed E-state index contributed by atoms with van der Waals surface area (Å²) in [5.74, 6) is -0.508. The average Bonchev–Trinajstić information content (AvgIpc) is 3.31. The molecule has 0 radical (unpaired) electrons. The normalized spacial score (nSPS) is 22.6. The van der Waals surface area contributed by atoms with Gasteiger partial charge in [-0.15, -0.1) is 13.2 Å². The summed E-state index contributed by atoms with van der Waals surface area (Å²) >= 11 is 0. The molecule has 170 valence electrons. The van der Waals surface area contributed by atoms with Crippen molar-refractivity contribution in [2.75, 3.05) is 20.2 Å². The molecule has 0 N–H and O–H groups in total. The van der Waals surface area contributed by atoms with Gasteiger partial charge in [0, 0.05) is 18.8 Å². The van der Waals surface area contributed by atoms with Crippen LogP contribution in [0.25, 0.3) is 0 Å². The molecule has 4 rings (SSSR count). The number of amides is 1. The summed E-state index contributed by atoms with van der Waals surface area (Å²) in [6.45, 7) is 10.7. The van der Waals surface area contributed by atoms with Crippen LogP contribution in [-0.4, -0.2) is 53.0 Å². The van der Waals surface area contributed by atoms with Gasteiger partial charge in [0.1, 0.15) is 6.04 Å². The van der Waals surface area contributed by atoms with Crippen LogP contribution in [0.1, 0.15) is 30.1 Å². The number of carbonyl (C=O) groups is 2. The number of ether oxygens (including phenoxy) is 1. The second-order valence-corrected chi connectivity index (χ2v) is 8.17. The lowest BCUT2D eigenvalue weighted by molar-refractivity contribution is -0.138. The van der Waals surface area contributed by atoms with E-state index in [1.54, 1.807) is 17.2 Å². The molecule has 1 fully saturated rings. The van der Waals surface area contributed by atoms with Gasteiger partial charge in [0.15, 0.2) is 0 Å². The zero-order valence-corrected chi connectivity index (χ0v) is 19.1. The van der Waals surface area contributed by atoms with Gasteiger partial charge < -0.3 is 4.74 Å². The van der Waals surface area contributed by atoms with Crippen molar-refractivity contribution in [1.82, 2.24) is 14.9 Å². The highest BCUT2D eigenvalue weighted by Crippen LogP contribution is 2.51. The zero-order valence-electron chi connectivity index (χ0n) is 19.1. The number of methoxy groups -OCH3 is 1. The zero-order chi connectivity index (χ0) is 23.5. The minimum Gasteiger partial charge on any atom is -0.466 e. The van der Waals surface area contributed by atoms with Crippen LogP contribution >= 0.6 is 0 Å². The van der Waals surface area contributed by atoms with Gasteiger partial charge in [-0.05, 0) is 18.1 Å². The molecule has 0 aromatic heterocycles. The summed E-state index contributed by atoms with van der Waals surface area (Å²) in [6.07, 6.45) is 3.60. The van der Waals surface area contributed by atoms with E-state index >= 15 is 0 Å². The van der Waals surface area contributed by atoms with Gasteiger partial charge in [0.2, 0.25) is 0 Å². The second-order valence-electron chi connectivity index (χ2n) is 8.17. The van der Waals surface area contributed by atoms with Crippen LogP contribution in [0.15, 0.2) is 97.2 Å². The third-order valence-electron chi connectivity index (χ3n) is 6.30. The first kappa shape index (κ1) is 22.7. The first-order valence-corrected chi connectivity index (χ1v) is 11.0. The lowest BCUT2D eigenvalue weighted by Crippen LogP contribution is -2.44. The number of hydrogen-bond acceptors (Lipinski definition) is 5. The Labute approximate surface area is 195 Å². The van der Waals surface area contributed by atoms with Crippen molar-refractivity contribution in [3.05, 3.63) is 108 Å². The first-order valence-electron chi connectivity index (χ1n) is 11.0. The highest BCUT2D eigenvalue weighted by molar-refractivity contribution is 5.95. The van der Waals surface area contributed by atoms with Crippen LogP contribution in [0.2, 0.25) is 0 Å². The van der Waals surface area contributed by atoms with Crippen LogP contribution in [0.3, 0.4) is 0 Å². The lowest BCUT2D eigenvalue weighted by atomic mass is 9.92. The molecule has 6 nitrogen and oxygen atoms in total. The van der Waals surface area contributed by atoms with Crippen molar-refractivity contribution in [3.8, 4) is 0 Å². The van der Waals surface area contributed by atoms with Crippen molar-refractivity contribution < 1.29 is 14.3 Å². The Morgan fingerprint density at radius 3 is 2.06 bits per heavy atom. The van der Waals surface area contributed by atoms with Gasteiger partial charge in [0.05, 0.1) is 24.8 Å². The predicted molar refractivity (Wildman–Crippen MR) is 128 cm³/mol. The molecule has 1 saturated heterocycles. The maximum Gasteiger partial charge on any atom is 0.337 e. The second kappa shape index (κ2) is 9.57. The van der Waals surface area contributed by atoms with E-state index in [0.717, 1.165) is 11.1 Å². The molecule has 2 heterocycles. The van der Waals surface area contributed by atoms with E-state index in [1.165, 1.54) is 7.11 Å². The van der Waals surface area contributed by atoms with Crippen LogP contribution in [-0.2, 0) is 14.3 Å². The summed E-state index contributed by atoms with van der Waals surface area (Å²) in [5, 5.41) is 3.71. The summed E-state index contributed by atoms with van der Waals surface area (Å²) in [6, 6.07) is 18.5. The summed E-state index contributed by atoms with van der Waals surface area (Å²) in [5.41, 5.74) is 3.00. The number of nitrogens with zero attached hydrogens (tertiary/aromatic N) is 3. The van der Waals surface area contributed by atoms with Gasteiger partial charge >= 0.3 is 5.97 Å². The molecule has 2 aromatic carbocycles. The number of benzene rings is 2. The number of esters is 1. The Kier molecular flexibility index (Phi) is 6.58. The van der Waals surface area contributed by atoms with Crippen LogP contribution in [0, 0.1) is 0 Å². The van der Waals surface area contributed by atoms with Gasteiger partial charge in [-0.1, -0.05) is 72.8 Å². The smallest absolute Gasteiger partial charge is 0.337 e. The van der Waals surface area contributed by atoms with E-state index in [1.807, 2.05) is 72.6 Å². The summed E-state index contributed by atoms with van der Waals surface area (Å²) in [7, 11) is 1.37. The third-order valence-corrected chi connectivity index (χ3v) is 6.30. The van der Waals surface area contributed by atoms with Gasteiger partial charge in [0.25, 0.3) is 5.91 Å². The van der Waals surface area contributed by atoms with E-state index in [9.17, 15) is 9.59 Å². The average molecular weight is 444 g/mol. The van der Waals surface area contributed by atoms with Crippen LogP contribution in [0.5, 0.6) is 0 Å². The highest BCUT2D eigenvalue weighted by Gasteiger charge is 2.58. The predicted octanol–water partition coefficient (Wildman–Crippen LogP) is 4.03. The van der Waals surface area contributed by atoms with Crippen molar-refractivity contribution in [2.24, 2.45) is 0 Å². The highest BCUT2D eigenvalue weighted by atomic mass is 16.5. The molecule has 0 aliphatic carbocycles. The quantitative estimate of drug-likeness (QED) is 0.455. The molecule has 0 bridgehead atoms. The maximum atomic E-state index is 14.0. The van der Waals surface area contributed by atoms with Crippen molar-refractivity contribution in [3.63, 3.8) is 0 Å². The van der Waals surface area contributed by atoms with Crippen molar-refractivity contribution >= 4 is 11.9 Å². The number of allylic oxidation sites excluding steroid dienone is 1. The number of rotatable bonds is 8. The molecule has 0 unspecified atom stereocenters. The Bertz CT molecular complexity index is 1070. The number of hydrazine groups is 1. The van der Waals surface area contributed by atoms with Crippen LogP contribution in [0.4, 0.5) is 0 Å². The Morgan fingerprint density at radius 1 is 1.00 bits per heavy atom. The molecule has 2 aliphatic rings.